The first kappa shape index (κ1) is 11.0. The van der Waals surface area contributed by atoms with Crippen molar-refractivity contribution < 1.29 is 0 Å². The minimum absolute atomic E-state index is 0.765. The second-order valence-corrected chi connectivity index (χ2v) is 4.44. The normalized spacial score (nSPS) is 10.4. The van der Waals surface area contributed by atoms with Gasteiger partial charge in [-0.2, -0.15) is 0 Å². The summed E-state index contributed by atoms with van der Waals surface area (Å²) in [5.41, 5.74) is 10.4. The number of halogens is 1. The molecule has 2 aromatic carbocycles. The van der Waals surface area contributed by atoms with Gasteiger partial charge in [0.2, 0.25) is 0 Å². The molecule has 16 heavy (non-hydrogen) atoms. The van der Waals surface area contributed by atoms with Crippen molar-refractivity contribution in [2.75, 3.05) is 5.73 Å². The maximum Gasteiger partial charge on any atom is 0.0406 e. The molecule has 0 unspecified atom stereocenters. The van der Waals surface area contributed by atoms with Crippen LogP contribution in [-0.4, -0.2) is 0 Å². The molecule has 0 spiro atoms. The molecular weight excluding hydrogens is 218 g/mol. The van der Waals surface area contributed by atoms with E-state index in [4.69, 9.17) is 17.3 Å². The van der Waals surface area contributed by atoms with Gasteiger partial charge in [0.15, 0.2) is 0 Å². The van der Waals surface area contributed by atoms with Crippen LogP contribution < -0.4 is 5.73 Å². The Hall–Kier alpha value is -1.47. The fourth-order valence-electron chi connectivity index (χ4n) is 1.71. The van der Waals surface area contributed by atoms with Crippen molar-refractivity contribution in [3.8, 4) is 0 Å². The van der Waals surface area contributed by atoms with Gasteiger partial charge in [-0.25, -0.2) is 0 Å². The van der Waals surface area contributed by atoms with Crippen molar-refractivity contribution in [2.24, 2.45) is 0 Å². The lowest BCUT2D eigenvalue weighted by Gasteiger charge is -2.07. The highest BCUT2D eigenvalue weighted by Crippen LogP contribution is 2.19. The monoisotopic (exact) mass is 231 g/mol. The molecule has 0 aliphatic rings. The molecule has 0 radical (unpaired) electrons. The van der Waals surface area contributed by atoms with Crippen molar-refractivity contribution in [1.29, 1.82) is 0 Å². The number of anilines is 1. The lowest BCUT2D eigenvalue weighted by molar-refractivity contribution is 1.19. The lowest BCUT2D eigenvalue weighted by Crippen LogP contribution is -1.96. The number of nitrogen functional groups attached to an aromatic ring is 1. The third-order valence-electron chi connectivity index (χ3n) is 2.61. The summed E-state index contributed by atoms with van der Waals surface area (Å²) in [6.07, 6.45) is 0.852. The number of benzene rings is 2. The Balaban J connectivity index is 2.26. The summed E-state index contributed by atoms with van der Waals surface area (Å²) in [4.78, 5) is 0. The van der Waals surface area contributed by atoms with Crippen LogP contribution in [0.2, 0.25) is 5.02 Å². The van der Waals surface area contributed by atoms with Crippen LogP contribution in [0.3, 0.4) is 0 Å². The Labute approximate surface area is 101 Å². The number of aryl methyl sites for hydroxylation is 1. The summed E-state index contributed by atoms with van der Waals surface area (Å²) in [7, 11) is 0. The summed E-state index contributed by atoms with van der Waals surface area (Å²) < 4.78 is 0. The number of hydrogen-bond donors (Lipinski definition) is 1. The second kappa shape index (κ2) is 4.58. The van der Waals surface area contributed by atoms with Gasteiger partial charge in [-0.15, -0.1) is 0 Å². The molecule has 2 heteroatoms. The van der Waals surface area contributed by atoms with Crippen LogP contribution in [0.4, 0.5) is 5.69 Å². The lowest BCUT2D eigenvalue weighted by atomic mass is 10.0. The van der Waals surface area contributed by atoms with Gasteiger partial charge in [-0.05, 0) is 42.7 Å². The third kappa shape index (κ3) is 2.56. The predicted molar refractivity (Wildman–Crippen MR) is 69.8 cm³/mol. The van der Waals surface area contributed by atoms with Crippen molar-refractivity contribution in [3.05, 3.63) is 64.2 Å². The first-order chi connectivity index (χ1) is 7.65. The molecule has 0 atom stereocenters. The quantitative estimate of drug-likeness (QED) is 0.782. The fourth-order valence-corrected chi connectivity index (χ4v) is 1.84. The van der Waals surface area contributed by atoms with E-state index in [0.29, 0.717) is 0 Å². The second-order valence-electron chi connectivity index (χ2n) is 4.01. The minimum atomic E-state index is 0.765. The Bertz CT molecular complexity index is 489. The third-order valence-corrected chi connectivity index (χ3v) is 2.86. The van der Waals surface area contributed by atoms with E-state index in [0.717, 1.165) is 17.1 Å². The molecule has 2 rings (SSSR count). The van der Waals surface area contributed by atoms with Gasteiger partial charge >= 0.3 is 0 Å². The average Bonchev–Trinajstić information content (AvgIpc) is 2.27. The van der Waals surface area contributed by atoms with E-state index in [1.54, 1.807) is 0 Å². The summed E-state index contributed by atoms with van der Waals surface area (Å²) in [6.45, 7) is 2.07. The first-order valence-corrected chi connectivity index (χ1v) is 5.62. The molecule has 0 saturated carbocycles. The Kier molecular flexibility index (Phi) is 3.16. The average molecular weight is 232 g/mol. The van der Waals surface area contributed by atoms with Gasteiger partial charge < -0.3 is 5.73 Å². The van der Waals surface area contributed by atoms with E-state index >= 15 is 0 Å². The summed E-state index contributed by atoms with van der Waals surface area (Å²) >= 11 is 5.85. The van der Waals surface area contributed by atoms with Crippen molar-refractivity contribution in [1.82, 2.24) is 0 Å². The molecule has 1 nitrogen and oxygen atoms in total. The summed E-state index contributed by atoms with van der Waals surface area (Å²) in [5, 5.41) is 0.765. The smallest absolute Gasteiger partial charge is 0.0406 e. The van der Waals surface area contributed by atoms with E-state index in [-0.39, 0.29) is 0 Å². The van der Waals surface area contributed by atoms with Crippen LogP contribution in [0.1, 0.15) is 16.7 Å². The predicted octanol–water partition coefficient (Wildman–Crippen LogP) is 3.82. The molecular formula is C14H14ClN. The van der Waals surface area contributed by atoms with E-state index in [2.05, 4.69) is 13.0 Å². The fraction of sp³-hybridized carbons (Fsp3) is 0.143. The summed E-state index contributed by atoms with van der Waals surface area (Å²) in [6, 6.07) is 14.0. The molecule has 0 aromatic heterocycles. The zero-order valence-electron chi connectivity index (χ0n) is 9.20. The molecule has 82 valence electrons. The van der Waals surface area contributed by atoms with Gasteiger partial charge in [-0.3, -0.25) is 0 Å². The zero-order valence-corrected chi connectivity index (χ0v) is 9.96. The van der Waals surface area contributed by atoms with E-state index in [1.807, 2.05) is 36.4 Å². The molecule has 0 heterocycles. The molecule has 0 saturated heterocycles. The van der Waals surface area contributed by atoms with Crippen LogP contribution >= 0.6 is 11.6 Å². The van der Waals surface area contributed by atoms with Crippen molar-refractivity contribution in [2.45, 2.75) is 13.3 Å². The molecule has 2 aromatic rings. The van der Waals surface area contributed by atoms with E-state index in [1.165, 1.54) is 16.7 Å². The van der Waals surface area contributed by atoms with Crippen molar-refractivity contribution in [3.63, 3.8) is 0 Å². The molecule has 0 aliphatic carbocycles. The van der Waals surface area contributed by atoms with Crippen LogP contribution in [0.15, 0.2) is 42.5 Å². The van der Waals surface area contributed by atoms with Gasteiger partial charge in [-0.1, -0.05) is 41.4 Å². The van der Waals surface area contributed by atoms with Crippen LogP contribution in [-0.2, 0) is 6.42 Å². The molecule has 0 bridgehead atoms. The standard InChI is InChI=1S/C14H14ClN/c1-10-2-7-14(16)12(8-10)9-11-3-5-13(15)6-4-11/h2-8H,9,16H2,1H3. The van der Waals surface area contributed by atoms with Crippen LogP contribution in [0.25, 0.3) is 0 Å². The highest BCUT2D eigenvalue weighted by atomic mass is 35.5. The Morgan fingerprint density at radius 2 is 1.75 bits per heavy atom. The maximum atomic E-state index is 5.94. The molecule has 0 amide bonds. The Morgan fingerprint density at radius 3 is 2.44 bits per heavy atom. The van der Waals surface area contributed by atoms with E-state index < -0.39 is 0 Å². The van der Waals surface area contributed by atoms with Crippen molar-refractivity contribution >= 4 is 17.3 Å². The Morgan fingerprint density at radius 1 is 1.06 bits per heavy atom. The number of nitrogens with two attached hydrogens (primary N) is 1. The first-order valence-electron chi connectivity index (χ1n) is 5.24. The number of rotatable bonds is 2. The van der Waals surface area contributed by atoms with Gasteiger partial charge in [0, 0.05) is 10.7 Å². The highest BCUT2D eigenvalue weighted by Gasteiger charge is 2.01. The highest BCUT2D eigenvalue weighted by molar-refractivity contribution is 6.30. The number of hydrogen-bond acceptors (Lipinski definition) is 1. The van der Waals surface area contributed by atoms with Crippen LogP contribution in [0.5, 0.6) is 0 Å². The van der Waals surface area contributed by atoms with E-state index in [9.17, 15) is 0 Å². The van der Waals surface area contributed by atoms with Gasteiger partial charge in [0.1, 0.15) is 0 Å². The largest absolute Gasteiger partial charge is 0.398 e. The molecule has 2 N–H and O–H groups in total. The van der Waals surface area contributed by atoms with Gasteiger partial charge in [0.05, 0.1) is 0 Å². The summed E-state index contributed by atoms with van der Waals surface area (Å²) in [5.74, 6) is 0. The maximum absolute atomic E-state index is 5.94. The zero-order chi connectivity index (χ0) is 11.5. The SMILES string of the molecule is Cc1ccc(N)c(Cc2ccc(Cl)cc2)c1. The van der Waals surface area contributed by atoms with Crippen LogP contribution in [0, 0.1) is 6.92 Å². The van der Waals surface area contributed by atoms with Gasteiger partial charge in [0.25, 0.3) is 0 Å². The minimum Gasteiger partial charge on any atom is -0.398 e. The topological polar surface area (TPSA) is 26.0 Å². The molecule has 0 fully saturated rings. The molecule has 0 aliphatic heterocycles.